The third kappa shape index (κ3) is 5.74. The number of benzene rings is 2. The highest BCUT2D eigenvalue weighted by Crippen LogP contribution is 2.43. The zero-order valence-electron chi connectivity index (χ0n) is 20.8. The number of hydrogen-bond donors (Lipinski definition) is 1. The van der Waals surface area contributed by atoms with Crippen molar-refractivity contribution in [2.45, 2.75) is 42.2 Å². The maximum Gasteiger partial charge on any atom is 0.416 e. The zero-order valence-corrected chi connectivity index (χ0v) is 23.8. The summed E-state index contributed by atoms with van der Waals surface area (Å²) in [6.45, 7) is 5.21. The molecule has 2 bridgehead atoms. The number of fused-ring (bicyclic) bond motifs is 4. The summed E-state index contributed by atoms with van der Waals surface area (Å²) in [7, 11) is -4.86. The maximum atomic E-state index is 13.6. The van der Waals surface area contributed by atoms with Gasteiger partial charge in [-0.2, -0.15) is 26.3 Å². The Hall–Kier alpha value is -2.23. The lowest BCUT2D eigenvalue weighted by Gasteiger charge is -2.51. The molecule has 1 aromatic heterocycles. The summed E-state index contributed by atoms with van der Waals surface area (Å²) in [6.07, 6.45) is -5.52. The fraction of sp³-hybridized carbons (Fsp3) is 0.370. The van der Waals surface area contributed by atoms with E-state index >= 15 is 0 Å². The van der Waals surface area contributed by atoms with Crippen LogP contribution < -0.4 is 4.72 Å². The number of halogens is 7. The summed E-state index contributed by atoms with van der Waals surface area (Å²) in [6, 6.07) is 6.12. The normalized spacial score (nSPS) is 24.3. The molecule has 1 N–H and O–H groups in total. The first kappa shape index (κ1) is 29.3. The average molecular weight is 695 g/mol. The van der Waals surface area contributed by atoms with Crippen molar-refractivity contribution in [2.75, 3.05) is 13.1 Å². The van der Waals surface area contributed by atoms with Crippen LogP contribution in [0.5, 0.6) is 0 Å². The quantitative estimate of drug-likeness (QED) is 0.175. The van der Waals surface area contributed by atoms with Crippen LogP contribution in [-0.4, -0.2) is 37.4 Å². The van der Waals surface area contributed by atoms with Gasteiger partial charge in [0.05, 0.1) is 27.6 Å². The maximum absolute atomic E-state index is 13.6. The molecule has 2 aromatic carbocycles. The molecule has 214 valence electrons. The summed E-state index contributed by atoms with van der Waals surface area (Å²) in [5.74, 6) is 0.424. The van der Waals surface area contributed by atoms with Crippen molar-refractivity contribution in [2.24, 2.45) is 11.8 Å². The SMILES string of the molecule is C=CC1CN2CCC1C[C@@H]2[C@H](NS(=O)(=O)c1cc(C(F)(F)F)cc(C(F)(F)F)c1)c1ccnc2ccc(I)cc12. The Bertz CT molecular complexity index is 1530. The Morgan fingerprint density at radius 3 is 2.30 bits per heavy atom. The summed E-state index contributed by atoms with van der Waals surface area (Å²) in [5.41, 5.74) is -2.27. The minimum atomic E-state index is -5.18. The van der Waals surface area contributed by atoms with Crippen LogP contribution in [0, 0.1) is 15.4 Å². The Kier molecular flexibility index (Phi) is 7.72. The molecule has 3 fully saturated rings. The number of hydrogen-bond acceptors (Lipinski definition) is 4. The van der Waals surface area contributed by atoms with Gasteiger partial charge in [-0.05, 0) is 102 Å². The van der Waals surface area contributed by atoms with Gasteiger partial charge in [0.1, 0.15) is 0 Å². The van der Waals surface area contributed by atoms with Crippen LogP contribution in [0.1, 0.15) is 35.6 Å². The molecule has 3 unspecified atom stereocenters. The summed E-state index contributed by atoms with van der Waals surface area (Å²) in [5, 5.41) is 0.644. The summed E-state index contributed by atoms with van der Waals surface area (Å²) >= 11 is 2.11. The van der Waals surface area contributed by atoms with Crippen LogP contribution in [0.15, 0.2) is 66.2 Å². The van der Waals surface area contributed by atoms with E-state index in [1.54, 1.807) is 12.1 Å². The summed E-state index contributed by atoms with van der Waals surface area (Å²) < 4.78 is 112. The first-order valence-electron chi connectivity index (χ1n) is 12.4. The number of aromatic nitrogens is 1. The standard InChI is InChI=1S/C27H24F6IN3O2S/c1-2-15-14-37-8-6-16(15)9-24(37)25(21-5-7-35-23-4-3-19(34)13-22(21)23)36-40(38,39)20-11-17(26(28,29)30)10-18(12-20)27(31,32)33/h2-5,7,10-13,15-16,24-25,36H,1,6,8-9,14H2/t15?,16?,24-,25-/m1/s1. The van der Waals surface area contributed by atoms with Crippen molar-refractivity contribution in [3.8, 4) is 0 Å². The number of nitrogens with one attached hydrogen (secondary N) is 1. The average Bonchev–Trinajstić information content (AvgIpc) is 2.90. The van der Waals surface area contributed by atoms with E-state index in [-0.39, 0.29) is 36.1 Å². The molecule has 13 heteroatoms. The Balaban J connectivity index is 1.64. The molecule has 6 rings (SSSR count). The van der Waals surface area contributed by atoms with Gasteiger partial charge in [-0.3, -0.25) is 9.88 Å². The molecule has 5 nitrogen and oxygen atoms in total. The predicted octanol–water partition coefficient (Wildman–Crippen LogP) is 6.79. The number of pyridine rings is 1. The molecule has 0 amide bonds. The fourth-order valence-corrected chi connectivity index (χ4v) is 7.61. The number of sulfonamides is 1. The highest BCUT2D eigenvalue weighted by atomic mass is 127. The molecule has 0 aliphatic carbocycles. The van der Waals surface area contributed by atoms with Crippen LogP contribution in [0.2, 0.25) is 0 Å². The molecular formula is C27H24F6IN3O2S. The van der Waals surface area contributed by atoms with Crippen molar-refractivity contribution < 1.29 is 34.8 Å². The van der Waals surface area contributed by atoms with Crippen molar-refractivity contribution >= 4 is 43.5 Å². The molecule has 3 aromatic rings. The van der Waals surface area contributed by atoms with Crippen LogP contribution in [0.3, 0.4) is 0 Å². The number of piperidine rings is 3. The van der Waals surface area contributed by atoms with Gasteiger partial charge in [0.25, 0.3) is 0 Å². The van der Waals surface area contributed by atoms with Gasteiger partial charge in [0, 0.05) is 27.7 Å². The van der Waals surface area contributed by atoms with Crippen LogP contribution in [0.4, 0.5) is 26.3 Å². The first-order chi connectivity index (χ1) is 18.7. The van der Waals surface area contributed by atoms with E-state index < -0.39 is 44.4 Å². The van der Waals surface area contributed by atoms with Crippen LogP contribution in [0.25, 0.3) is 10.9 Å². The van der Waals surface area contributed by atoms with Crippen molar-refractivity contribution in [1.82, 2.24) is 14.6 Å². The smallest absolute Gasteiger partial charge is 0.298 e. The lowest BCUT2D eigenvalue weighted by Crippen LogP contribution is -2.57. The first-order valence-corrected chi connectivity index (χ1v) is 15.0. The largest absolute Gasteiger partial charge is 0.416 e. The lowest BCUT2D eigenvalue weighted by atomic mass is 9.73. The highest BCUT2D eigenvalue weighted by molar-refractivity contribution is 14.1. The molecule has 5 atom stereocenters. The van der Waals surface area contributed by atoms with E-state index in [0.717, 1.165) is 9.99 Å². The molecule has 4 heterocycles. The highest BCUT2D eigenvalue weighted by Gasteiger charge is 2.45. The van der Waals surface area contributed by atoms with E-state index in [1.807, 2.05) is 18.2 Å². The van der Waals surface area contributed by atoms with E-state index in [1.165, 1.54) is 6.20 Å². The van der Waals surface area contributed by atoms with Crippen LogP contribution >= 0.6 is 22.6 Å². The van der Waals surface area contributed by atoms with Gasteiger partial charge >= 0.3 is 12.4 Å². The Morgan fingerprint density at radius 1 is 1.05 bits per heavy atom. The molecule has 40 heavy (non-hydrogen) atoms. The van der Waals surface area contributed by atoms with Crippen molar-refractivity contribution in [3.63, 3.8) is 0 Å². The van der Waals surface area contributed by atoms with Gasteiger partial charge in [0.2, 0.25) is 10.0 Å². The zero-order chi connectivity index (χ0) is 29.0. The molecule has 0 radical (unpaired) electrons. The van der Waals surface area contributed by atoms with Crippen LogP contribution in [-0.2, 0) is 22.4 Å². The monoisotopic (exact) mass is 695 g/mol. The minimum Gasteiger partial charge on any atom is -0.298 e. The third-order valence-electron chi connectivity index (χ3n) is 7.76. The second-order valence-electron chi connectivity index (χ2n) is 10.1. The second-order valence-corrected chi connectivity index (χ2v) is 13.1. The molecule has 3 aliphatic rings. The fourth-order valence-electron chi connectivity index (χ4n) is 5.80. The summed E-state index contributed by atoms with van der Waals surface area (Å²) in [4.78, 5) is 5.37. The van der Waals surface area contributed by atoms with Gasteiger partial charge in [-0.25, -0.2) is 13.1 Å². The van der Waals surface area contributed by atoms with Gasteiger partial charge in [-0.1, -0.05) is 6.08 Å². The van der Waals surface area contributed by atoms with Gasteiger partial charge < -0.3 is 0 Å². The molecule has 0 saturated carbocycles. The lowest BCUT2D eigenvalue weighted by molar-refractivity contribution is -0.143. The van der Waals surface area contributed by atoms with Crippen molar-refractivity contribution in [3.05, 3.63) is 81.6 Å². The molecule has 3 saturated heterocycles. The third-order valence-corrected chi connectivity index (χ3v) is 9.86. The molecular weight excluding hydrogens is 671 g/mol. The number of rotatable bonds is 6. The van der Waals surface area contributed by atoms with E-state index in [0.29, 0.717) is 36.0 Å². The van der Waals surface area contributed by atoms with E-state index in [4.69, 9.17) is 0 Å². The minimum absolute atomic E-state index is 0.0873. The topological polar surface area (TPSA) is 62.3 Å². The Labute approximate surface area is 240 Å². The second kappa shape index (κ2) is 10.6. The number of alkyl halides is 6. The van der Waals surface area contributed by atoms with E-state index in [2.05, 4.69) is 43.8 Å². The Morgan fingerprint density at radius 2 is 1.73 bits per heavy atom. The molecule has 0 spiro atoms. The van der Waals surface area contributed by atoms with Crippen molar-refractivity contribution in [1.29, 1.82) is 0 Å². The van der Waals surface area contributed by atoms with Gasteiger partial charge in [0.15, 0.2) is 0 Å². The van der Waals surface area contributed by atoms with E-state index in [9.17, 15) is 34.8 Å². The van der Waals surface area contributed by atoms with Gasteiger partial charge in [-0.15, -0.1) is 6.58 Å². The number of nitrogens with zero attached hydrogens (tertiary/aromatic N) is 2. The molecule has 3 aliphatic heterocycles. The predicted molar refractivity (Wildman–Crippen MR) is 146 cm³/mol.